The molecule has 0 aliphatic carbocycles. The number of rotatable bonds is 10. The van der Waals surface area contributed by atoms with Gasteiger partial charge in [0.15, 0.2) is 0 Å². The van der Waals surface area contributed by atoms with E-state index in [0.717, 1.165) is 27.7 Å². The highest BCUT2D eigenvalue weighted by Gasteiger charge is 2.08. The Kier molecular flexibility index (Phi) is 8.18. The molecule has 6 nitrogen and oxygen atoms in total. The Hall–Kier alpha value is -3.19. The molecule has 0 aromatic heterocycles. The fraction of sp³-hybridized carbons (Fsp3) is 0.240. The molecular weight excluding hydrogens is 392 g/mol. The lowest BCUT2D eigenvalue weighted by atomic mass is 10.1. The monoisotopic (exact) mass is 420 g/mol. The first-order valence-corrected chi connectivity index (χ1v) is 10.2. The van der Waals surface area contributed by atoms with Gasteiger partial charge in [-0.05, 0) is 41.6 Å². The molecule has 0 heterocycles. The van der Waals surface area contributed by atoms with Gasteiger partial charge in [0.2, 0.25) is 0 Å². The quantitative estimate of drug-likeness (QED) is 0.341. The summed E-state index contributed by atoms with van der Waals surface area (Å²) in [6.07, 6.45) is 2.04. The summed E-state index contributed by atoms with van der Waals surface area (Å²) in [5, 5.41) is 14.4. The van der Waals surface area contributed by atoms with E-state index in [9.17, 15) is 4.79 Å². The number of methoxy groups -OCH3 is 1. The van der Waals surface area contributed by atoms with Gasteiger partial charge in [0.25, 0.3) is 5.91 Å². The SMILES string of the molecule is COCC(C)NCC(=Cc1ccc(C(=O)NO)cc1)COc1cccc2ccccc12. The Morgan fingerprint density at radius 1 is 1.06 bits per heavy atom. The van der Waals surface area contributed by atoms with Crippen LogP contribution in [0.25, 0.3) is 16.8 Å². The van der Waals surface area contributed by atoms with Crippen molar-refractivity contribution in [2.24, 2.45) is 0 Å². The van der Waals surface area contributed by atoms with Crippen LogP contribution in [-0.2, 0) is 4.74 Å². The average Bonchev–Trinajstić information content (AvgIpc) is 2.81. The number of ether oxygens (including phenoxy) is 2. The molecule has 0 fully saturated rings. The summed E-state index contributed by atoms with van der Waals surface area (Å²) >= 11 is 0. The summed E-state index contributed by atoms with van der Waals surface area (Å²) in [5.74, 6) is 0.300. The number of hydrogen-bond donors (Lipinski definition) is 3. The third-order valence-corrected chi connectivity index (χ3v) is 4.90. The van der Waals surface area contributed by atoms with E-state index in [-0.39, 0.29) is 6.04 Å². The van der Waals surface area contributed by atoms with Gasteiger partial charge < -0.3 is 14.8 Å². The zero-order valence-electron chi connectivity index (χ0n) is 17.8. The van der Waals surface area contributed by atoms with Gasteiger partial charge in [-0.1, -0.05) is 54.6 Å². The third-order valence-electron chi connectivity index (χ3n) is 4.90. The fourth-order valence-corrected chi connectivity index (χ4v) is 3.28. The summed E-state index contributed by atoms with van der Waals surface area (Å²) in [6, 6.07) is 21.4. The number of carbonyl (C=O) groups excluding carboxylic acids is 1. The van der Waals surface area contributed by atoms with Crippen molar-refractivity contribution in [3.8, 4) is 5.75 Å². The highest BCUT2D eigenvalue weighted by Crippen LogP contribution is 2.25. The van der Waals surface area contributed by atoms with Crippen molar-refractivity contribution in [1.29, 1.82) is 0 Å². The van der Waals surface area contributed by atoms with E-state index in [0.29, 0.717) is 25.3 Å². The molecule has 0 aliphatic rings. The highest BCUT2D eigenvalue weighted by atomic mass is 16.5. The van der Waals surface area contributed by atoms with Gasteiger partial charge >= 0.3 is 0 Å². The second-order valence-electron chi connectivity index (χ2n) is 7.37. The van der Waals surface area contributed by atoms with E-state index in [1.54, 1.807) is 24.7 Å². The fourth-order valence-electron chi connectivity index (χ4n) is 3.28. The molecule has 3 aromatic rings. The molecule has 0 saturated heterocycles. The van der Waals surface area contributed by atoms with Crippen LogP contribution in [0.1, 0.15) is 22.8 Å². The molecule has 0 saturated carbocycles. The first-order valence-electron chi connectivity index (χ1n) is 10.2. The first kappa shape index (κ1) is 22.5. The zero-order valence-corrected chi connectivity index (χ0v) is 17.8. The average molecular weight is 421 g/mol. The molecule has 3 aromatic carbocycles. The molecule has 1 amide bonds. The van der Waals surface area contributed by atoms with Gasteiger partial charge in [0, 0.05) is 30.6 Å². The van der Waals surface area contributed by atoms with E-state index < -0.39 is 5.91 Å². The molecule has 3 rings (SSSR count). The molecule has 31 heavy (non-hydrogen) atoms. The number of carbonyl (C=O) groups is 1. The molecule has 0 spiro atoms. The number of fused-ring (bicyclic) bond motifs is 1. The molecule has 0 aliphatic heterocycles. The lowest BCUT2D eigenvalue weighted by Crippen LogP contribution is -2.32. The molecule has 6 heteroatoms. The Morgan fingerprint density at radius 3 is 2.55 bits per heavy atom. The standard InChI is InChI=1S/C25H28N2O4/c1-18(16-30-2)26-15-20(14-19-10-12-22(13-11-19)25(28)27-29)17-31-24-9-5-7-21-6-3-4-8-23(21)24/h3-14,18,26,29H,15-17H2,1-2H3,(H,27,28). The van der Waals surface area contributed by atoms with Crippen LogP contribution in [0, 0.1) is 0 Å². The predicted molar refractivity (Wildman–Crippen MR) is 122 cm³/mol. The van der Waals surface area contributed by atoms with Crippen molar-refractivity contribution in [3.05, 3.63) is 83.4 Å². The minimum absolute atomic E-state index is 0.196. The maximum atomic E-state index is 11.5. The van der Waals surface area contributed by atoms with Crippen LogP contribution in [-0.4, -0.2) is 44.0 Å². The van der Waals surface area contributed by atoms with E-state index >= 15 is 0 Å². The van der Waals surface area contributed by atoms with Crippen LogP contribution < -0.4 is 15.5 Å². The second-order valence-corrected chi connectivity index (χ2v) is 7.37. The number of nitrogens with one attached hydrogen (secondary N) is 2. The van der Waals surface area contributed by atoms with Gasteiger partial charge in [-0.3, -0.25) is 10.0 Å². The topological polar surface area (TPSA) is 79.8 Å². The number of amides is 1. The lowest BCUT2D eigenvalue weighted by Gasteiger charge is -2.16. The minimum Gasteiger partial charge on any atom is -0.489 e. The van der Waals surface area contributed by atoms with Gasteiger partial charge in [-0.2, -0.15) is 0 Å². The minimum atomic E-state index is -0.537. The van der Waals surface area contributed by atoms with Crippen molar-refractivity contribution < 1.29 is 19.5 Å². The highest BCUT2D eigenvalue weighted by molar-refractivity contribution is 5.93. The van der Waals surface area contributed by atoms with Crippen LogP contribution in [0.2, 0.25) is 0 Å². The second kappa shape index (κ2) is 11.3. The van der Waals surface area contributed by atoms with Crippen LogP contribution in [0.15, 0.2) is 72.3 Å². The van der Waals surface area contributed by atoms with Gasteiger partial charge in [-0.15, -0.1) is 0 Å². The smallest absolute Gasteiger partial charge is 0.274 e. The summed E-state index contributed by atoms with van der Waals surface area (Å²) in [6.45, 7) is 3.73. The van der Waals surface area contributed by atoms with Crippen molar-refractivity contribution >= 4 is 22.8 Å². The van der Waals surface area contributed by atoms with E-state index in [4.69, 9.17) is 14.7 Å². The summed E-state index contributed by atoms with van der Waals surface area (Å²) < 4.78 is 11.4. The maximum absolute atomic E-state index is 11.5. The number of benzene rings is 3. The van der Waals surface area contributed by atoms with Crippen molar-refractivity contribution in [2.45, 2.75) is 13.0 Å². The Balaban J connectivity index is 1.78. The molecule has 1 unspecified atom stereocenters. The number of hydrogen-bond acceptors (Lipinski definition) is 5. The Bertz CT molecular complexity index is 1030. The van der Waals surface area contributed by atoms with Crippen LogP contribution in [0.5, 0.6) is 5.75 Å². The lowest BCUT2D eigenvalue weighted by molar-refractivity contribution is 0.0706. The van der Waals surface area contributed by atoms with Crippen LogP contribution in [0.3, 0.4) is 0 Å². The van der Waals surface area contributed by atoms with E-state index in [2.05, 4.69) is 30.4 Å². The van der Waals surface area contributed by atoms with Crippen LogP contribution in [0.4, 0.5) is 0 Å². The maximum Gasteiger partial charge on any atom is 0.274 e. The predicted octanol–water partition coefficient (Wildman–Crippen LogP) is 4.05. The van der Waals surface area contributed by atoms with E-state index in [1.807, 2.05) is 42.5 Å². The molecule has 3 N–H and O–H groups in total. The summed E-state index contributed by atoms with van der Waals surface area (Å²) in [7, 11) is 1.68. The van der Waals surface area contributed by atoms with Crippen LogP contribution >= 0.6 is 0 Å². The van der Waals surface area contributed by atoms with E-state index in [1.165, 1.54) is 0 Å². The Morgan fingerprint density at radius 2 is 1.81 bits per heavy atom. The molecule has 0 radical (unpaired) electrons. The van der Waals surface area contributed by atoms with Crippen molar-refractivity contribution in [3.63, 3.8) is 0 Å². The van der Waals surface area contributed by atoms with Gasteiger partial charge in [-0.25, -0.2) is 5.48 Å². The normalized spacial score (nSPS) is 12.5. The molecule has 162 valence electrons. The molecular formula is C25H28N2O4. The summed E-state index contributed by atoms with van der Waals surface area (Å²) in [5.41, 5.74) is 4.02. The largest absolute Gasteiger partial charge is 0.489 e. The van der Waals surface area contributed by atoms with Crippen molar-refractivity contribution in [1.82, 2.24) is 10.8 Å². The van der Waals surface area contributed by atoms with Crippen molar-refractivity contribution in [2.75, 3.05) is 26.9 Å². The molecule has 1 atom stereocenters. The Labute approximate surface area is 182 Å². The first-order chi connectivity index (χ1) is 15.1. The summed E-state index contributed by atoms with van der Waals surface area (Å²) in [4.78, 5) is 11.5. The third kappa shape index (κ3) is 6.39. The molecule has 0 bridgehead atoms. The van der Waals surface area contributed by atoms with Gasteiger partial charge in [0.05, 0.1) is 6.61 Å². The number of hydroxylamine groups is 1. The zero-order chi connectivity index (χ0) is 22.1. The van der Waals surface area contributed by atoms with Gasteiger partial charge in [0.1, 0.15) is 12.4 Å².